The van der Waals surface area contributed by atoms with Crippen LogP contribution in [0.25, 0.3) is 33.3 Å². The Bertz CT molecular complexity index is 1360. The van der Waals surface area contributed by atoms with E-state index in [1.54, 1.807) is 24.5 Å². The largest absolute Gasteiger partial charge is 0.380 e. The van der Waals surface area contributed by atoms with Crippen molar-refractivity contribution in [3.8, 4) is 11.4 Å². The molecule has 142 valence electrons. The van der Waals surface area contributed by atoms with Crippen LogP contribution >= 0.6 is 11.6 Å². The summed E-state index contributed by atoms with van der Waals surface area (Å²) in [5.74, 6) is 0.512. The van der Waals surface area contributed by atoms with E-state index in [0.717, 1.165) is 22.0 Å². The molecule has 0 saturated carbocycles. The van der Waals surface area contributed by atoms with Gasteiger partial charge in [-0.1, -0.05) is 29.8 Å². The minimum absolute atomic E-state index is 0.243. The molecule has 0 aliphatic rings. The average Bonchev–Trinajstić information content (AvgIpc) is 3.15. The third-order valence-corrected chi connectivity index (χ3v) is 5.03. The second-order valence-corrected chi connectivity index (χ2v) is 7.15. The normalized spacial score (nSPS) is 11.2. The Kier molecular flexibility index (Phi) is 4.26. The van der Waals surface area contributed by atoms with E-state index in [-0.39, 0.29) is 5.56 Å². The zero-order valence-electron chi connectivity index (χ0n) is 15.2. The van der Waals surface area contributed by atoms with E-state index >= 15 is 0 Å². The van der Waals surface area contributed by atoms with Crippen LogP contribution in [0, 0.1) is 0 Å². The highest BCUT2D eigenvalue weighted by molar-refractivity contribution is 6.31. The SMILES string of the molecule is O=c1[nH]c2cc(Cl)ccc2c(NCc2cccnc2)c1-c1nc2ccccc2[nH]1. The molecule has 0 fully saturated rings. The number of hydrogen-bond acceptors (Lipinski definition) is 4. The van der Waals surface area contributed by atoms with Crippen molar-refractivity contribution in [2.24, 2.45) is 0 Å². The molecule has 7 heteroatoms. The number of benzene rings is 2. The Balaban J connectivity index is 1.72. The predicted molar refractivity (Wildman–Crippen MR) is 116 cm³/mol. The number of para-hydroxylation sites is 2. The molecule has 0 aliphatic heterocycles. The number of anilines is 1. The number of hydrogen-bond donors (Lipinski definition) is 3. The molecule has 29 heavy (non-hydrogen) atoms. The lowest BCUT2D eigenvalue weighted by atomic mass is 10.1. The minimum Gasteiger partial charge on any atom is -0.380 e. The molecule has 3 heterocycles. The van der Waals surface area contributed by atoms with Gasteiger partial charge in [0.15, 0.2) is 0 Å². The Labute approximate surface area is 170 Å². The van der Waals surface area contributed by atoms with E-state index in [1.165, 1.54) is 0 Å². The molecule has 3 aromatic heterocycles. The zero-order valence-corrected chi connectivity index (χ0v) is 16.0. The number of rotatable bonds is 4. The maximum Gasteiger partial charge on any atom is 0.261 e. The van der Waals surface area contributed by atoms with Crippen LogP contribution in [0.1, 0.15) is 5.56 Å². The first kappa shape index (κ1) is 17.5. The van der Waals surface area contributed by atoms with Crippen molar-refractivity contribution >= 4 is 39.2 Å². The molecule has 0 atom stereocenters. The van der Waals surface area contributed by atoms with Crippen LogP contribution in [-0.2, 0) is 6.54 Å². The van der Waals surface area contributed by atoms with E-state index in [0.29, 0.717) is 34.2 Å². The van der Waals surface area contributed by atoms with Gasteiger partial charge < -0.3 is 15.3 Å². The quantitative estimate of drug-likeness (QED) is 0.406. The first-order valence-corrected chi connectivity index (χ1v) is 9.50. The lowest BCUT2D eigenvalue weighted by Crippen LogP contribution is -2.14. The van der Waals surface area contributed by atoms with Crippen LogP contribution in [0.4, 0.5) is 5.69 Å². The van der Waals surface area contributed by atoms with Crippen molar-refractivity contribution in [1.29, 1.82) is 0 Å². The van der Waals surface area contributed by atoms with Gasteiger partial charge in [0.05, 0.1) is 22.2 Å². The summed E-state index contributed by atoms with van der Waals surface area (Å²) in [5, 5.41) is 4.83. The molecule has 0 aliphatic carbocycles. The maximum atomic E-state index is 13.0. The van der Waals surface area contributed by atoms with Crippen molar-refractivity contribution in [2.75, 3.05) is 5.32 Å². The molecule has 0 spiro atoms. The number of aromatic amines is 2. The fraction of sp³-hybridized carbons (Fsp3) is 0.0455. The highest BCUT2D eigenvalue weighted by Crippen LogP contribution is 2.32. The van der Waals surface area contributed by atoms with Crippen LogP contribution in [0.5, 0.6) is 0 Å². The van der Waals surface area contributed by atoms with Crippen LogP contribution in [0.3, 0.4) is 0 Å². The molecule has 0 amide bonds. The van der Waals surface area contributed by atoms with Gasteiger partial charge in [0.25, 0.3) is 5.56 Å². The van der Waals surface area contributed by atoms with E-state index in [4.69, 9.17) is 11.6 Å². The van der Waals surface area contributed by atoms with Gasteiger partial charge in [0.1, 0.15) is 11.4 Å². The minimum atomic E-state index is -0.243. The molecule has 0 radical (unpaired) electrons. The molecular weight excluding hydrogens is 386 g/mol. The summed E-state index contributed by atoms with van der Waals surface area (Å²) in [7, 11) is 0. The Morgan fingerprint density at radius 3 is 2.72 bits per heavy atom. The van der Waals surface area contributed by atoms with E-state index in [2.05, 4.69) is 25.3 Å². The summed E-state index contributed by atoms with van der Waals surface area (Å²) < 4.78 is 0. The van der Waals surface area contributed by atoms with E-state index in [9.17, 15) is 4.79 Å². The van der Waals surface area contributed by atoms with Crippen LogP contribution in [0.2, 0.25) is 5.02 Å². The van der Waals surface area contributed by atoms with Crippen molar-refractivity contribution in [2.45, 2.75) is 6.54 Å². The molecule has 0 bridgehead atoms. The molecule has 2 aromatic carbocycles. The van der Waals surface area contributed by atoms with Crippen molar-refractivity contribution < 1.29 is 0 Å². The van der Waals surface area contributed by atoms with Crippen molar-refractivity contribution in [3.05, 3.63) is 87.9 Å². The van der Waals surface area contributed by atoms with Gasteiger partial charge >= 0.3 is 0 Å². The number of fused-ring (bicyclic) bond motifs is 2. The van der Waals surface area contributed by atoms with Crippen molar-refractivity contribution in [3.63, 3.8) is 0 Å². The molecule has 6 nitrogen and oxygen atoms in total. The molecule has 0 unspecified atom stereocenters. The number of imidazole rings is 1. The second kappa shape index (κ2) is 7.07. The van der Waals surface area contributed by atoms with Crippen LogP contribution in [-0.4, -0.2) is 19.9 Å². The maximum absolute atomic E-state index is 13.0. The first-order valence-electron chi connectivity index (χ1n) is 9.12. The number of pyridine rings is 2. The highest BCUT2D eigenvalue weighted by atomic mass is 35.5. The lowest BCUT2D eigenvalue weighted by Gasteiger charge is -2.14. The Morgan fingerprint density at radius 1 is 1.00 bits per heavy atom. The third-order valence-electron chi connectivity index (χ3n) is 4.79. The zero-order chi connectivity index (χ0) is 19.8. The van der Waals surface area contributed by atoms with Crippen LogP contribution < -0.4 is 10.9 Å². The summed E-state index contributed by atoms with van der Waals surface area (Å²) in [6.07, 6.45) is 3.52. The van der Waals surface area contributed by atoms with Gasteiger partial charge in [-0.05, 0) is 42.0 Å². The number of halogens is 1. The summed E-state index contributed by atoms with van der Waals surface area (Å²) in [4.78, 5) is 28.0. The molecule has 3 N–H and O–H groups in total. The Hall–Kier alpha value is -3.64. The van der Waals surface area contributed by atoms with Gasteiger partial charge in [-0.25, -0.2) is 4.98 Å². The van der Waals surface area contributed by atoms with E-state index in [1.807, 2.05) is 42.5 Å². The lowest BCUT2D eigenvalue weighted by molar-refractivity contribution is 1.11. The van der Waals surface area contributed by atoms with E-state index < -0.39 is 0 Å². The summed E-state index contributed by atoms with van der Waals surface area (Å²) in [6.45, 7) is 0.516. The predicted octanol–water partition coefficient (Wildman–Crippen LogP) is 4.73. The summed E-state index contributed by atoms with van der Waals surface area (Å²) in [6, 6.07) is 17.0. The molecule has 5 rings (SSSR count). The fourth-order valence-electron chi connectivity index (χ4n) is 3.44. The monoisotopic (exact) mass is 401 g/mol. The van der Waals surface area contributed by atoms with Gasteiger partial charge in [-0.3, -0.25) is 9.78 Å². The van der Waals surface area contributed by atoms with Gasteiger partial charge in [0, 0.05) is 29.3 Å². The standard InChI is InChI=1S/C22H16ClN5O/c23-14-7-8-15-18(10-14)28-22(29)19(20(15)25-12-13-4-3-9-24-11-13)21-26-16-5-1-2-6-17(16)27-21/h1-11H,12H2,(H,26,27)(H2,25,28,29). The number of H-pyrrole nitrogens is 2. The average molecular weight is 402 g/mol. The highest BCUT2D eigenvalue weighted by Gasteiger charge is 2.18. The molecule has 0 saturated heterocycles. The molecule has 5 aromatic rings. The Morgan fingerprint density at radius 2 is 1.90 bits per heavy atom. The number of aromatic nitrogens is 4. The first-order chi connectivity index (χ1) is 14.2. The van der Waals surface area contributed by atoms with Gasteiger partial charge in [-0.2, -0.15) is 0 Å². The molecular formula is C22H16ClN5O. The smallest absolute Gasteiger partial charge is 0.261 e. The number of nitrogens with one attached hydrogen (secondary N) is 3. The third kappa shape index (κ3) is 3.23. The summed E-state index contributed by atoms with van der Waals surface area (Å²) in [5.41, 5.74) is 4.25. The van der Waals surface area contributed by atoms with Gasteiger partial charge in [0.2, 0.25) is 0 Å². The number of nitrogens with zero attached hydrogens (tertiary/aromatic N) is 2. The topological polar surface area (TPSA) is 86.5 Å². The van der Waals surface area contributed by atoms with Crippen LogP contribution in [0.15, 0.2) is 71.8 Å². The summed E-state index contributed by atoms with van der Waals surface area (Å²) >= 11 is 6.14. The van der Waals surface area contributed by atoms with Gasteiger partial charge in [-0.15, -0.1) is 0 Å². The fourth-order valence-corrected chi connectivity index (χ4v) is 3.62. The second-order valence-electron chi connectivity index (χ2n) is 6.71. The van der Waals surface area contributed by atoms with Crippen molar-refractivity contribution in [1.82, 2.24) is 19.9 Å².